The Hall–Kier alpha value is -3.32. The van der Waals surface area contributed by atoms with E-state index >= 15 is 0 Å². The van der Waals surface area contributed by atoms with Crippen LogP contribution in [0.15, 0.2) is 60.8 Å². The third-order valence-corrected chi connectivity index (χ3v) is 5.23. The fourth-order valence-corrected chi connectivity index (χ4v) is 3.73. The molecule has 3 heterocycles. The summed E-state index contributed by atoms with van der Waals surface area (Å²) >= 11 is 0. The Kier molecular flexibility index (Phi) is 5.99. The SMILES string of the molecule is Cc1cccnc1Nc1cccc(C2CCCN2CC(=O)Nc2ccccc2F)n1. The van der Waals surface area contributed by atoms with Gasteiger partial charge in [-0.25, -0.2) is 14.4 Å². The number of nitrogens with zero attached hydrogens (tertiary/aromatic N) is 3. The molecule has 6 nitrogen and oxygen atoms in total. The Morgan fingerprint density at radius 2 is 2.03 bits per heavy atom. The van der Waals surface area contributed by atoms with E-state index in [4.69, 9.17) is 4.98 Å². The Bertz CT molecular complexity index is 1040. The lowest BCUT2D eigenvalue weighted by molar-refractivity contribution is -0.117. The number of pyridine rings is 2. The molecule has 1 amide bonds. The van der Waals surface area contributed by atoms with Crippen LogP contribution in [0.1, 0.15) is 30.1 Å². The molecule has 1 aliphatic heterocycles. The van der Waals surface area contributed by atoms with Crippen LogP contribution in [0.2, 0.25) is 0 Å². The van der Waals surface area contributed by atoms with Crippen LogP contribution in [-0.2, 0) is 4.79 Å². The normalized spacial score (nSPS) is 16.4. The lowest BCUT2D eigenvalue weighted by Crippen LogP contribution is -2.33. The predicted molar refractivity (Wildman–Crippen MR) is 115 cm³/mol. The number of nitrogens with one attached hydrogen (secondary N) is 2. The van der Waals surface area contributed by atoms with Gasteiger partial charge in [-0.15, -0.1) is 0 Å². The summed E-state index contributed by atoms with van der Waals surface area (Å²) < 4.78 is 13.8. The first kappa shape index (κ1) is 20.0. The number of likely N-dealkylation sites (tertiary alicyclic amines) is 1. The van der Waals surface area contributed by atoms with E-state index in [1.807, 2.05) is 37.3 Å². The fraction of sp³-hybridized carbons (Fsp3) is 0.261. The number of para-hydroxylation sites is 1. The number of amides is 1. The molecule has 1 atom stereocenters. The van der Waals surface area contributed by atoms with Crippen molar-refractivity contribution in [2.45, 2.75) is 25.8 Å². The number of hydrogen-bond donors (Lipinski definition) is 2. The molecule has 0 bridgehead atoms. The summed E-state index contributed by atoms with van der Waals surface area (Å²) in [6, 6.07) is 16.0. The standard InChI is InChI=1S/C23H24FN5O/c1-16-7-5-13-25-23(16)28-21-12-4-10-19(26-21)20-11-6-14-29(20)15-22(30)27-18-9-3-2-8-17(18)24/h2-5,7-10,12-13,20H,6,11,14-15H2,1H3,(H,27,30)(H,25,26,28). The number of benzene rings is 1. The fourth-order valence-electron chi connectivity index (χ4n) is 3.73. The molecule has 1 unspecified atom stereocenters. The Morgan fingerprint density at radius 3 is 2.87 bits per heavy atom. The Labute approximate surface area is 175 Å². The van der Waals surface area contributed by atoms with Crippen LogP contribution in [0.4, 0.5) is 21.7 Å². The van der Waals surface area contributed by atoms with E-state index in [-0.39, 0.29) is 24.2 Å². The van der Waals surface area contributed by atoms with Gasteiger partial charge in [0.1, 0.15) is 17.5 Å². The highest BCUT2D eigenvalue weighted by Gasteiger charge is 2.29. The first-order valence-corrected chi connectivity index (χ1v) is 10.0. The van der Waals surface area contributed by atoms with Crippen LogP contribution >= 0.6 is 0 Å². The molecule has 0 aliphatic carbocycles. The van der Waals surface area contributed by atoms with Crippen molar-refractivity contribution < 1.29 is 9.18 Å². The molecule has 0 saturated carbocycles. The third-order valence-electron chi connectivity index (χ3n) is 5.23. The summed E-state index contributed by atoms with van der Waals surface area (Å²) in [4.78, 5) is 23.7. The highest BCUT2D eigenvalue weighted by atomic mass is 19.1. The topological polar surface area (TPSA) is 70.2 Å². The number of rotatable bonds is 6. The van der Waals surface area contributed by atoms with Gasteiger partial charge < -0.3 is 10.6 Å². The minimum Gasteiger partial charge on any atom is -0.325 e. The molecule has 1 aromatic carbocycles. The molecule has 7 heteroatoms. The zero-order valence-corrected chi connectivity index (χ0v) is 16.8. The van der Waals surface area contributed by atoms with Crippen molar-refractivity contribution >= 4 is 23.2 Å². The molecule has 2 aromatic heterocycles. The van der Waals surface area contributed by atoms with E-state index in [9.17, 15) is 9.18 Å². The lowest BCUT2D eigenvalue weighted by Gasteiger charge is -2.24. The third kappa shape index (κ3) is 4.63. The summed E-state index contributed by atoms with van der Waals surface area (Å²) in [5, 5.41) is 5.93. The van der Waals surface area contributed by atoms with Crippen molar-refractivity contribution in [3.63, 3.8) is 0 Å². The molecule has 0 spiro atoms. The molecular weight excluding hydrogens is 381 g/mol. The number of halogens is 1. The van der Waals surface area contributed by atoms with E-state index in [1.54, 1.807) is 24.4 Å². The predicted octanol–water partition coefficient (Wildman–Crippen LogP) is 4.44. The molecule has 1 fully saturated rings. The molecule has 30 heavy (non-hydrogen) atoms. The molecule has 4 rings (SSSR count). The van der Waals surface area contributed by atoms with Crippen molar-refractivity contribution in [2.24, 2.45) is 0 Å². The largest absolute Gasteiger partial charge is 0.325 e. The van der Waals surface area contributed by atoms with Crippen molar-refractivity contribution in [1.82, 2.24) is 14.9 Å². The van der Waals surface area contributed by atoms with E-state index < -0.39 is 5.82 Å². The van der Waals surface area contributed by atoms with Crippen LogP contribution in [0.25, 0.3) is 0 Å². The molecule has 2 N–H and O–H groups in total. The average Bonchev–Trinajstić information content (AvgIpc) is 3.20. The Balaban J connectivity index is 1.45. The maximum absolute atomic E-state index is 13.8. The number of aryl methyl sites for hydroxylation is 1. The van der Waals surface area contributed by atoms with Gasteiger partial charge in [0.05, 0.1) is 24.0 Å². The second-order valence-electron chi connectivity index (χ2n) is 7.40. The van der Waals surface area contributed by atoms with Gasteiger partial charge in [0.15, 0.2) is 0 Å². The highest BCUT2D eigenvalue weighted by Crippen LogP contribution is 2.31. The van der Waals surface area contributed by atoms with Gasteiger partial charge in [-0.05, 0) is 62.2 Å². The number of carbonyl (C=O) groups is 1. The van der Waals surface area contributed by atoms with E-state index in [1.165, 1.54) is 6.07 Å². The second kappa shape index (κ2) is 9.00. The first-order chi connectivity index (χ1) is 14.6. The molecular formula is C23H24FN5O. The van der Waals surface area contributed by atoms with Crippen LogP contribution in [-0.4, -0.2) is 33.9 Å². The summed E-state index contributed by atoms with van der Waals surface area (Å²) in [5.74, 6) is 0.825. The summed E-state index contributed by atoms with van der Waals surface area (Å²) in [6.07, 6.45) is 3.65. The molecule has 3 aromatic rings. The zero-order chi connectivity index (χ0) is 20.9. The average molecular weight is 405 g/mol. The minimum atomic E-state index is -0.436. The molecule has 1 saturated heterocycles. The van der Waals surface area contributed by atoms with Gasteiger partial charge in [0.25, 0.3) is 0 Å². The van der Waals surface area contributed by atoms with Crippen LogP contribution in [0.5, 0.6) is 0 Å². The summed E-state index contributed by atoms with van der Waals surface area (Å²) in [7, 11) is 0. The van der Waals surface area contributed by atoms with Gasteiger partial charge in [-0.2, -0.15) is 0 Å². The minimum absolute atomic E-state index is 0.0444. The summed E-state index contributed by atoms with van der Waals surface area (Å²) in [5.41, 5.74) is 2.15. The smallest absolute Gasteiger partial charge is 0.238 e. The maximum Gasteiger partial charge on any atom is 0.238 e. The van der Waals surface area contributed by atoms with Crippen LogP contribution < -0.4 is 10.6 Å². The van der Waals surface area contributed by atoms with E-state index in [0.29, 0.717) is 0 Å². The quantitative estimate of drug-likeness (QED) is 0.634. The Morgan fingerprint density at radius 1 is 1.17 bits per heavy atom. The van der Waals surface area contributed by atoms with Gasteiger partial charge >= 0.3 is 0 Å². The van der Waals surface area contributed by atoms with Gasteiger partial charge in [-0.3, -0.25) is 9.69 Å². The van der Waals surface area contributed by atoms with Gasteiger partial charge in [0, 0.05) is 6.20 Å². The number of carbonyl (C=O) groups excluding carboxylic acids is 1. The van der Waals surface area contributed by atoms with Crippen molar-refractivity contribution in [2.75, 3.05) is 23.7 Å². The van der Waals surface area contributed by atoms with E-state index in [2.05, 4.69) is 20.5 Å². The maximum atomic E-state index is 13.8. The van der Waals surface area contributed by atoms with Gasteiger partial charge in [-0.1, -0.05) is 24.3 Å². The van der Waals surface area contributed by atoms with E-state index in [0.717, 1.165) is 42.3 Å². The lowest BCUT2D eigenvalue weighted by atomic mass is 10.1. The van der Waals surface area contributed by atoms with Crippen molar-refractivity contribution in [3.8, 4) is 0 Å². The van der Waals surface area contributed by atoms with Crippen molar-refractivity contribution in [3.05, 3.63) is 77.9 Å². The van der Waals surface area contributed by atoms with Crippen molar-refractivity contribution in [1.29, 1.82) is 0 Å². The summed E-state index contributed by atoms with van der Waals surface area (Å²) in [6.45, 7) is 2.98. The first-order valence-electron chi connectivity index (χ1n) is 10.0. The number of anilines is 3. The van der Waals surface area contributed by atoms with Gasteiger partial charge in [0.2, 0.25) is 5.91 Å². The molecule has 1 aliphatic rings. The zero-order valence-electron chi connectivity index (χ0n) is 16.8. The number of hydrogen-bond acceptors (Lipinski definition) is 5. The molecule has 0 radical (unpaired) electrons. The number of aromatic nitrogens is 2. The van der Waals surface area contributed by atoms with Crippen LogP contribution in [0.3, 0.4) is 0 Å². The second-order valence-corrected chi connectivity index (χ2v) is 7.40. The van der Waals surface area contributed by atoms with Crippen LogP contribution in [0, 0.1) is 12.7 Å². The molecule has 154 valence electrons. The monoisotopic (exact) mass is 405 g/mol. The highest BCUT2D eigenvalue weighted by molar-refractivity contribution is 5.92.